The second kappa shape index (κ2) is 8.44. The third-order valence-corrected chi connectivity index (χ3v) is 5.10. The zero-order valence-electron chi connectivity index (χ0n) is 15.7. The van der Waals surface area contributed by atoms with Crippen molar-refractivity contribution in [1.82, 2.24) is 0 Å². The maximum atomic E-state index is 12.3. The molecule has 2 amide bonds. The predicted octanol–water partition coefficient (Wildman–Crippen LogP) is 3.49. The number of hydrogen-bond donors (Lipinski definition) is 1. The van der Waals surface area contributed by atoms with Crippen LogP contribution < -0.4 is 10.2 Å². The van der Waals surface area contributed by atoms with E-state index in [0.29, 0.717) is 10.7 Å². The molecule has 2 aromatic rings. The summed E-state index contributed by atoms with van der Waals surface area (Å²) in [6.45, 7) is 3.58. The van der Waals surface area contributed by atoms with Gasteiger partial charge in [0.2, 0.25) is 5.91 Å². The van der Waals surface area contributed by atoms with Crippen LogP contribution in [0, 0.1) is 19.8 Å². The zero-order valence-corrected chi connectivity index (χ0v) is 16.5. The number of hydrogen-bond acceptors (Lipinski definition) is 4. The van der Waals surface area contributed by atoms with Crippen molar-refractivity contribution in [2.24, 2.45) is 5.92 Å². The molecule has 0 bridgehead atoms. The van der Waals surface area contributed by atoms with Crippen LogP contribution in [0.1, 0.15) is 17.5 Å². The van der Waals surface area contributed by atoms with Crippen LogP contribution in [-0.2, 0) is 19.1 Å². The number of carbonyl (C=O) groups excluding carboxylic acids is 3. The van der Waals surface area contributed by atoms with Crippen LogP contribution in [0.15, 0.2) is 42.5 Å². The fourth-order valence-electron chi connectivity index (χ4n) is 3.02. The summed E-state index contributed by atoms with van der Waals surface area (Å²) < 4.78 is 5.12. The first-order valence-corrected chi connectivity index (χ1v) is 9.31. The Morgan fingerprint density at radius 2 is 1.89 bits per heavy atom. The Balaban J connectivity index is 1.53. The Labute approximate surface area is 168 Å². The Bertz CT molecular complexity index is 911. The van der Waals surface area contributed by atoms with Gasteiger partial charge in [-0.15, -0.1) is 0 Å². The van der Waals surface area contributed by atoms with E-state index in [2.05, 4.69) is 5.32 Å². The summed E-state index contributed by atoms with van der Waals surface area (Å²) in [4.78, 5) is 38.2. The molecular formula is C21H21ClN2O4. The maximum Gasteiger partial charge on any atom is 0.311 e. The minimum atomic E-state index is -0.588. The molecule has 1 aliphatic rings. The highest BCUT2D eigenvalue weighted by atomic mass is 35.5. The van der Waals surface area contributed by atoms with E-state index in [4.69, 9.17) is 16.3 Å². The molecule has 1 aliphatic heterocycles. The SMILES string of the molecule is Cc1ccc(N2C[C@H](C(=O)OCC(=O)Nc3cccc(Cl)c3C)CC2=O)cc1. The van der Waals surface area contributed by atoms with Gasteiger partial charge in [-0.25, -0.2) is 0 Å². The summed E-state index contributed by atoms with van der Waals surface area (Å²) in [6.07, 6.45) is 0.0712. The molecule has 2 aromatic carbocycles. The van der Waals surface area contributed by atoms with Crippen molar-refractivity contribution in [1.29, 1.82) is 0 Å². The molecular weight excluding hydrogens is 380 g/mol. The summed E-state index contributed by atoms with van der Waals surface area (Å²) in [6, 6.07) is 12.7. The highest BCUT2D eigenvalue weighted by Gasteiger charge is 2.36. The van der Waals surface area contributed by atoms with Crippen LogP contribution >= 0.6 is 11.6 Å². The van der Waals surface area contributed by atoms with Crippen molar-refractivity contribution in [3.63, 3.8) is 0 Å². The van der Waals surface area contributed by atoms with Crippen molar-refractivity contribution in [2.45, 2.75) is 20.3 Å². The van der Waals surface area contributed by atoms with Gasteiger partial charge in [0.05, 0.1) is 5.92 Å². The average molecular weight is 401 g/mol. The van der Waals surface area contributed by atoms with Gasteiger partial charge in [0.15, 0.2) is 6.61 Å². The molecule has 146 valence electrons. The van der Waals surface area contributed by atoms with Crippen LogP contribution in [-0.4, -0.2) is 30.9 Å². The minimum absolute atomic E-state index is 0.0712. The fraction of sp³-hybridized carbons (Fsp3) is 0.286. The van der Waals surface area contributed by atoms with Gasteiger partial charge in [-0.05, 0) is 43.7 Å². The largest absolute Gasteiger partial charge is 0.455 e. The van der Waals surface area contributed by atoms with Gasteiger partial charge < -0.3 is 15.0 Å². The monoisotopic (exact) mass is 400 g/mol. The quantitative estimate of drug-likeness (QED) is 0.779. The van der Waals surface area contributed by atoms with Crippen LogP contribution in [0.3, 0.4) is 0 Å². The molecule has 1 fully saturated rings. The first-order valence-electron chi connectivity index (χ1n) is 8.94. The Kier molecular flexibility index (Phi) is 5.99. The maximum absolute atomic E-state index is 12.3. The van der Waals surface area contributed by atoms with Crippen molar-refractivity contribution in [3.8, 4) is 0 Å². The van der Waals surface area contributed by atoms with Gasteiger partial charge in [0, 0.05) is 29.4 Å². The Hall–Kier alpha value is -2.86. The number of nitrogens with one attached hydrogen (secondary N) is 1. The molecule has 3 rings (SSSR count). The molecule has 0 aromatic heterocycles. The molecule has 1 saturated heterocycles. The number of halogens is 1. The number of ether oxygens (including phenoxy) is 1. The summed E-state index contributed by atoms with van der Waals surface area (Å²) in [5.41, 5.74) is 3.14. The van der Waals surface area contributed by atoms with E-state index in [1.807, 2.05) is 31.2 Å². The summed E-state index contributed by atoms with van der Waals surface area (Å²) in [5, 5.41) is 3.21. The van der Waals surface area contributed by atoms with Gasteiger partial charge in [-0.1, -0.05) is 35.4 Å². The van der Waals surface area contributed by atoms with E-state index in [0.717, 1.165) is 16.8 Å². The minimum Gasteiger partial charge on any atom is -0.455 e. The van der Waals surface area contributed by atoms with Gasteiger partial charge in [-0.2, -0.15) is 0 Å². The van der Waals surface area contributed by atoms with Gasteiger partial charge in [0.1, 0.15) is 0 Å². The van der Waals surface area contributed by atoms with Crippen LogP contribution in [0.4, 0.5) is 11.4 Å². The van der Waals surface area contributed by atoms with E-state index in [-0.39, 0.29) is 18.9 Å². The first-order chi connectivity index (χ1) is 13.3. The number of carbonyl (C=O) groups is 3. The lowest BCUT2D eigenvalue weighted by atomic mass is 10.1. The molecule has 28 heavy (non-hydrogen) atoms. The van der Waals surface area contributed by atoms with Crippen molar-refractivity contribution >= 4 is 40.8 Å². The Morgan fingerprint density at radius 1 is 1.18 bits per heavy atom. The van der Waals surface area contributed by atoms with Crippen molar-refractivity contribution < 1.29 is 19.1 Å². The number of esters is 1. The number of aryl methyl sites for hydroxylation is 1. The Morgan fingerprint density at radius 3 is 2.61 bits per heavy atom. The highest BCUT2D eigenvalue weighted by Crippen LogP contribution is 2.26. The van der Waals surface area contributed by atoms with E-state index in [1.54, 1.807) is 30.0 Å². The van der Waals surface area contributed by atoms with E-state index >= 15 is 0 Å². The molecule has 1 N–H and O–H groups in total. The lowest BCUT2D eigenvalue weighted by Crippen LogP contribution is -2.28. The molecule has 6 nitrogen and oxygen atoms in total. The third kappa shape index (κ3) is 4.51. The number of anilines is 2. The molecule has 0 unspecified atom stereocenters. The molecule has 7 heteroatoms. The first kappa shape index (κ1) is 19.9. The normalized spacial score (nSPS) is 16.2. The zero-order chi connectivity index (χ0) is 20.3. The standard InChI is InChI=1S/C21H21ClN2O4/c1-13-6-8-16(9-7-13)24-11-15(10-20(24)26)21(27)28-12-19(25)23-18-5-3-4-17(22)14(18)2/h3-9,15H,10-12H2,1-2H3,(H,23,25)/t15-/m1/s1. The number of benzene rings is 2. The molecule has 1 atom stereocenters. The van der Waals surface area contributed by atoms with Gasteiger partial charge >= 0.3 is 5.97 Å². The third-order valence-electron chi connectivity index (χ3n) is 4.69. The van der Waals surface area contributed by atoms with Gasteiger partial charge in [0.25, 0.3) is 5.91 Å². The number of nitrogens with zero attached hydrogens (tertiary/aromatic N) is 1. The number of amides is 2. The molecule has 1 heterocycles. The topological polar surface area (TPSA) is 75.7 Å². The highest BCUT2D eigenvalue weighted by molar-refractivity contribution is 6.31. The smallest absolute Gasteiger partial charge is 0.311 e. The lowest BCUT2D eigenvalue weighted by molar-refractivity contribution is -0.151. The molecule has 0 aliphatic carbocycles. The number of rotatable bonds is 5. The fourth-order valence-corrected chi connectivity index (χ4v) is 3.20. The summed E-state index contributed by atoms with van der Waals surface area (Å²) in [5.74, 6) is -1.74. The van der Waals surface area contributed by atoms with Gasteiger partial charge in [-0.3, -0.25) is 14.4 Å². The summed E-state index contributed by atoms with van der Waals surface area (Å²) in [7, 11) is 0. The molecule has 0 radical (unpaired) electrons. The predicted molar refractivity (Wildman–Crippen MR) is 107 cm³/mol. The van der Waals surface area contributed by atoms with Crippen molar-refractivity contribution in [3.05, 3.63) is 58.6 Å². The van der Waals surface area contributed by atoms with Crippen LogP contribution in [0.2, 0.25) is 5.02 Å². The second-order valence-corrected chi connectivity index (χ2v) is 7.22. The van der Waals surface area contributed by atoms with Crippen LogP contribution in [0.25, 0.3) is 0 Å². The second-order valence-electron chi connectivity index (χ2n) is 6.81. The lowest BCUT2D eigenvalue weighted by Gasteiger charge is -2.16. The van der Waals surface area contributed by atoms with E-state index < -0.39 is 24.4 Å². The van der Waals surface area contributed by atoms with E-state index in [9.17, 15) is 14.4 Å². The van der Waals surface area contributed by atoms with E-state index in [1.165, 1.54) is 0 Å². The average Bonchev–Trinajstić information content (AvgIpc) is 3.06. The molecule has 0 spiro atoms. The van der Waals surface area contributed by atoms with Crippen molar-refractivity contribution in [2.75, 3.05) is 23.4 Å². The molecule has 0 saturated carbocycles. The van der Waals surface area contributed by atoms with Crippen LogP contribution in [0.5, 0.6) is 0 Å². The summed E-state index contributed by atoms with van der Waals surface area (Å²) >= 11 is 6.02.